The number of methoxy groups -OCH3 is 1. The highest BCUT2D eigenvalue weighted by Crippen LogP contribution is 2.12. The summed E-state index contributed by atoms with van der Waals surface area (Å²) in [5.74, 6) is 0.347. The average Bonchev–Trinajstić information content (AvgIpc) is 2.19. The zero-order valence-corrected chi connectivity index (χ0v) is 10.5. The highest BCUT2D eigenvalue weighted by molar-refractivity contribution is 5.78. The fourth-order valence-corrected chi connectivity index (χ4v) is 1.62. The quantitative estimate of drug-likeness (QED) is 0.675. The molecule has 15 heavy (non-hydrogen) atoms. The van der Waals surface area contributed by atoms with Crippen LogP contribution in [0.15, 0.2) is 0 Å². The molecule has 0 saturated heterocycles. The third kappa shape index (κ3) is 6.50. The Morgan fingerprint density at radius 1 is 1.40 bits per heavy atom. The van der Waals surface area contributed by atoms with Gasteiger partial charge in [0.2, 0.25) is 5.91 Å². The summed E-state index contributed by atoms with van der Waals surface area (Å²) in [7, 11) is 1.65. The maximum Gasteiger partial charge on any atom is 0.223 e. The van der Waals surface area contributed by atoms with Gasteiger partial charge in [0.15, 0.2) is 0 Å². The van der Waals surface area contributed by atoms with Crippen molar-refractivity contribution < 1.29 is 9.53 Å². The first kappa shape index (κ1) is 14.4. The van der Waals surface area contributed by atoms with Crippen LogP contribution in [0.1, 0.15) is 46.5 Å². The summed E-state index contributed by atoms with van der Waals surface area (Å²) >= 11 is 0. The number of carbonyl (C=O) groups excluding carboxylic acids is 1. The van der Waals surface area contributed by atoms with Crippen LogP contribution in [0.4, 0.5) is 0 Å². The highest BCUT2D eigenvalue weighted by Gasteiger charge is 2.17. The van der Waals surface area contributed by atoms with Gasteiger partial charge < -0.3 is 10.1 Å². The lowest BCUT2D eigenvalue weighted by molar-refractivity contribution is -0.126. The van der Waals surface area contributed by atoms with Crippen LogP contribution in [0.3, 0.4) is 0 Å². The molecule has 0 aromatic carbocycles. The highest BCUT2D eigenvalue weighted by atomic mass is 16.5. The molecule has 1 N–H and O–H groups in total. The largest absolute Gasteiger partial charge is 0.383 e. The normalized spacial score (nSPS) is 14.7. The van der Waals surface area contributed by atoms with Crippen LogP contribution < -0.4 is 5.32 Å². The van der Waals surface area contributed by atoms with Crippen LogP contribution in [-0.4, -0.2) is 25.7 Å². The van der Waals surface area contributed by atoms with E-state index in [0.717, 1.165) is 25.7 Å². The van der Waals surface area contributed by atoms with E-state index in [-0.39, 0.29) is 17.9 Å². The molecule has 1 amide bonds. The summed E-state index contributed by atoms with van der Waals surface area (Å²) < 4.78 is 4.98. The summed E-state index contributed by atoms with van der Waals surface area (Å²) in [6.07, 6.45) is 4.20. The molecule has 0 fully saturated rings. The first-order chi connectivity index (χ1) is 7.15. The Labute approximate surface area is 93.6 Å². The van der Waals surface area contributed by atoms with E-state index in [0.29, 0.717) is 6.61 Å². The van der Waals surface area contributed by atoms with Crippen LogP contribution >= 0.6 is 0 Å². The Morgan fingerprint density at radius 2 is 2.07 bits per heavy atom. The van der Waals surface area contributed by atoms with Crippen molar-refractivity contribution >= 4 is 5.91 Å². The van der Waals surface area contributed by atoms with E-state index in [1.165, 1.54) is 0 Å². The summed E-state index contributed by atoms with van der Waals surface area (Å²) in [4.78, 5) is 11.8. The number of rotatable bonds is 8. The maximum atomic E-state index is 11.8. The van der Waals surface area contributed by atoms with Gasteiger partial charge in [-0.25, -0.2) is 0 Å². The lowest BCUT2D eigenvalue weighted by atomic mass is 9.98. The summed E-state index contributed by atoms with van der Waals surface area (Å²) in [6.45, 7) is 6.77. The molecule has 0 spiro atoms. The standard InChI is InChI=1S/C12H25NO2/c1-5-7-8-11(6-2)12(14)13-10(3)9-15-4/h10-11H,5-9H2,1-4H3,(H,13,14)/t10-,11-/m1/s1. The molecule has 3 heteroatoms. The molecular formula is C12H25NO2. The average molecular weight is 215 g/mol. The third-order valence-electron chi connectivity index (χ3n) is 2.58. The molecule has 2 atom stereocenters. The lowest BCUT2D eigenvalue weighted by Gasteiger charge is -2.18. The molecule has 0 radical (unpaired) electrons. The van der Waals surface area contributed by atoms with Gasteiger partial charge in [-0.15, -0.1) is 0 Å². The fraction of sp³-hybridized carbons (Fsp3) is 0.917. The number of hydrogen-bond donors (Lipinski definition) is 1. The first-order valence-electron chi connectivity index (χ1n) is 5.94. The van der Waals surface area contributed by atoms with E-state index in [2.05, 4.69) is 19.2 Å². The molecule has 0 aromatic rings. The van der Waals surface area contributed by atoms with Gasteiger partial charge in [-0.3, -0.25) is 4.79 Å². The molecule has 0 saturated carbocycles. The van der Waals surface area contributed by atoms with Crippen LogP contribution in [0.2, 0.25) is 0 Å². The van der Waals surface area contributed by atoms with Crippen molar-refractivity contribution in [1.82, 2.24) is 5.32 Å². The zero-order chi connectivity index (χ0) is 11.7. The predicted molar refractivity (Wildman–Crippen MR) is 62.8 cm³/mol. The first-order valence-corrected chi connectivity index (χ1v) is 5.94. The van der Waals surface area contributed by atoms with Gasteiger partial charge in [0.1, 0.15) is 0 Å². The number of unbranched alkanes of at least 4 members (excludes halogenated alkanes) is 1. The van der Waals surface area contributed by atoms with Crippen molar-refractivity contribution in [3.8, 4) is 0 Å². The van der Waals surface area contributed by atoms with Crippen molar-refractivity contribution in [2.45, 2.75) is 52.5 Å². The van der Waals surface area contributed by atoms with Crippen molar-refractivity contribution in [3.63, 3.8) is 0 Å². The Balaban J connectivity index is 3.91. The molecule has 0 aliphatic rings. The maximum absolute atomic E-state index is 11.8. The van der Waals surface area contributed by atoms with Gasteiger partial charge in [-0.1, -0.05) is 26.7 Å². The van der Waals surface area contributed by atoms with Crippen LogP contribution in [0.25, 0.3) is 0 Å². The molecule has 90 valence electrons. The number of amides is 1. The van der Waals surface area contributed by atoms with E-state index in [1.807, 2.05) is 6.92 Å². The van der Waals surface area contributed by atoms with Gasteiger partial charge in [0.05, 0.1) is 6.61 Å². The Kier molecular flexibility index (Phi) is 8.38. The van der Waals surface area contributed by atoms with Crippen LogP contribution in [-0.2, 0) is 9.53 Å². The Bertz CT molecular complexity index is 171. The smallest absolute Gasteiger partial charge is 0.223 e. The SMILES string of the molecule is CCCC[C@@H](CC)C(=O)N[C@H](C)COC. The Hall–Kier alpha value is -0.570. The number of carbonyl (C=O) groups is 1. The molecule has 0 unspecified atom stereocenters. The van der Waals surface area contributed by atoms with Crippen molar-refractivity contribution in [2.75, 3.05) is 13.7 Å². The number of ether oxygens (including phenoxy) is 1. The third-order valence-corrected chi connectivity index (χ3v) is 2.58. The van der Waals surface area contributed by atoms with Gasteiger partial charge in [0.25, 0.3) is 0 Å². The molecule has 0 aliphatic carbocycles. The minimum atomic E-state index is 0.109. The molecule has 0 bridgehead atoms. The van der Waals surface area contributed by atoms with E-state index in [4.69, 9.17) is 4.74 Å². The van der Waals surface area contributed by atoms with E-state index in [9.17, 15) is 4.79 Å². The second-order valence-electron chi connectivity index (χ2n) is 4.11. The topological polar surface area (TPSA) is 38.3 Å². The molecule has 3 nitrogen and oxygen atoms in total. The summed E-state index contributed by atoms with van der Waals surface area (Å²) in [5.41, 5.74) is 0. The van der Waals surface area contributed by atoms with Crippen LogP contribution in [0, 0.1) is 5.92 Å². The zero-order valence-electron chi connectivity index (χ0n) is 10.5. The van der Waals surface area contributed by atoms with Crippen molar-refractivity contribution in [2.24, 2.45) is 5.92 Å². The van der Waals surface area contributed by atoms with Gasteiger partial charge in [-0.2, -0.15) is 0 Å². The summed E-state index contributed by atoms with van der Waals surface area (Å²) in [6, 6.07) is 0.109. The minimum absolute atomic E-state index is 0.109. The molecular weight excluding hydrogens is 190 g/mol. The molecule has 0 rings (SSSR count). The lowest BCUT2D eigenvalue weighted by Crippen LogP contribution is -2.39. The van der Waals surface area contributed by atoms with Crippen molar-refractivity contribution in [3.05, 3.63) is 0 Å². The molecule has 0 aliphatic heterocycles. The van der Waals surface area contributed by atoms with E-state index in [1.54, 1.807) is 7.11 Å². The monoisotopic (exact) mass is 215 g/mol. The molecule has 0 heterocycles. The molecule has 0 aromatic heterocycles. The van der Waals surface area contributed by atoms with Crippen molar-refractivity contribution in [1.29, 1.82) is 0 Å². The number of nitrogens with one attached hydrogen (secondary N) is 1. The van der Waals surface area contributed by atoms with Gasteiger partial charge in [-0.05, 0) is 19.8 Å². The number of hydrogen-bond acceptors (Lipinski definition) is 2. The predicted octanol–water partition coefficient (Wildman–Crippen LogP) is 2.35. The van der Waals surface area contributed by atoms with E-state index < -0.39 is 0 Å². The fourth-order valence-electron chi connectivity index (χ4n) is 1.62. The second kappa shape index (κ2) is 8.72. The van der Waals surface area contributed by atoms with Gasteiger partial charge in [0, 0.05) is 19.1 Å². The second-order valence-corrected chi connectivity index (χ2v) is 4.11. The van der Waals surface area contributed by atoms with E-state index >= 15 is 0 Å². The van der Waals surface area contributed by atoms with Gasteiger partial charge >= 0.3 is 0 Å². The minimum Gasteiger partial charge on any atom is -0.383 e. The Morgan fingerprint density at radius 3 is 2.53 bits per heavy atom. The van der Waals surface area contributed by atoms with Crippen LogP contribution in [0.5, 0.6) is 0 Å². The summed E-state index contributed by atoms with van der Waals surface area (Å²) in [5, 5.41) is 2.98.